The summed E-state index contributed by atoms with van der Waals surface area (Å²) in [5.41, 5.74) is 7.87. The van der Waals surface area contributed by atoms with Gasteiger partial charge in [-0.2, -0.15) is 0 Å². The highest BCUT2D eigenvalue weighted by Crippen LogP contribution is 2.33. The lowest BCUT2D eigenvalue weighted by atomic mass is 9.96. The standard InChI is InChI=1S/C11H15NO2/c12-6-9(7-13)10-3-1-2-8-4-5-14-11(8)10/h1-3,9,13H,4-7,12H2. The summed E-state index contributed by atoms with van der Waals surface area (Å²) < 4.78 is 5.55. The van der Waals surface area contributed by atoms with Crippen molar-refractivity contribution in [2.24, 2.45) is 5.73 Å². The molecule has 0 bridgehead atoms. The van der Waals surface area contributed by atoms with Gasteiger partial charge in [0.25, 0.3) is 0 Å². The lowest BCUT2D eigenvalue weighted by Crippen LogP contribution is -2.16. The monoisotopic (exact) mass is 193 g/mol. The van der Waals surface area contributed by atoms with Crippen LogP contribution in [0.3, 0.4) is 0 Å². The molecule has 1 aromatic carbocycles. The lowest BCUT2D eigenvalue weighted by molar-refractivity contribution is 0.263. The number of aliphatic hydroxyl groups is 1. The van der Waals surface area contributed by atoms with E-state index in [0.717, 1.165) is 24.3 Å². The molecule has 0 spiro atoms. The van der Waals surface area contributed by atoms with Crippen molar-refractivity contribution < 1.29 is 9.84 Å². The van der Waals surface area contributed by atoms with Crippen molar-refractivity contribution >= 4 is 0 Å². The fourth-order valence-electron chi connectivity index (χ4n) is 1.86. The highest BCUT2D eigenvalue weighted by molar-refractivity contribution is 5.46. The Bertz CT molecular complexity index is 321. The Kier molecular flexibility index (Phi) is 2.70. The molecule has 3 heteroatoms. The predicted molar refractivity (Wildman–Crippen MR) is 54.5 cm³/mol. The van der Waals surface area contributed by atoms with E-state index in [4.69, 9.17) is 10.5 Å². The summed E-state index contributed by atoms with van der Waals surface area (Å²) in [4.78, 5) is 0. The largest absolute Gasteiger partial charge is 0.493 e. The van der Waals surface area contributed by atoms with E-state index in [1.807, 2.05) is 12.1 Å². The number of hydrogen-bond acceptors (Lipinski definition) is 3. The number of rotatable bonds is 3. The molecule has 1 unspecified atom stereocenters. The van der Waals surface area contributed by atoms with Gasteiger partial charge in [0.15, 0.2) is 0 Å². The van der Waals surface area contributed by atoms with Crippen LogP contribution in [0.1, 0.15) is 17.0 Å². The van der Waals surface area contributed by atoms with E-state index in [-0.39, 0.29) is 12.5 Å². The Hall–Kier alpha value is -1.06. The summed E-state index contributed by atoms with van der Waals surface area (Å²) in [7, 11) is 0. The number of fused-ring (bicyclic) bond motifs is 1. The molecule has 0 amide bonds. The van der Waals surface area contributed by atoms with Crippen molar-refractivity contribution in [3.8, 4) is 5.75 Å². The average Bonchev–Trinajstić information content (AvgIpc) is 2.68. The molecule has 0 saturated heterocycles. The summed E-state index contributed by atoms with van der Waals surface area (Å²) in [5.74, 6) is 0.944. The fraction of sp³-hybridized carbons (Fsp3) is 0.455. The van der Waals surface area contributed by atoms with Crippen LogP contribution in [0.2, 0.25) is 0 Å². The van der Waals surface area contributed by atoms with E-state index in [0.29, 0.717) is 6.54 Å². The SMILES string of the molecule is NCC(CO)c1cccc2c1OCC2. The first-order valence-electron chi connectivity index (χ1n) is 4.92. The highest BCUT2D eigenvalue weighted by Gasteiger charge is 2.20. The van der Waals surface area contributed by atoms with Crippen LogP contribution in [-0.4, -0.2) is 24.9 Å². The van der Waals surface area contributed by atoms with Crippen molar-refractivity contribution in [1.82, 2.24) is 0 Å². The van der Waals surface area contributed by atoms with Crippen molar-refractivity contribution in [2.75, 3.05) is 19.8 Å². The van der Waals surface area contributed by atoms with Gasteiger partial charge in [0.1, 0.15) is 5.75 Å². The van der Waals surface area contributed by atoms with Crippen LogP contribution in [0, 0.1) is 0 Å². The summed E-state index contributed by atoms with van der Waals surface area (Å²) >= 11 is 0. The lowest BCUT2D eigenvalue weighted by Gasteiger charge is -2.15. The minimum Gasteiger partial charge on any atom is -0.493 e. The zero-order valence-corrected chi connectivity index (χ0v) is 8.07. The number of hydrogen-bond donors (Lipinski definition) is 2. The van der Waals surface area contributed by atoms with Crippen LogP contribution in [-0.2, 0) is 6.42 Å². The van der Waals surface area contributed by atoms with E-state index in [1.165, 1.54) is 5.56 Å². The van der Waals surface area contributed by atoms with E-state index in [2.05, 4.69) is 6.07 Å². The van der Waals surface area contributed by atoms with Crippen LogP contribution < -0.4 is 10.5 Å². The maximum Gasteiger partial charge on any atom is 0.126 e. The molecular formula is C11H15NO2. The smallest absolute Gasteiger partial charge is 0.126 e. The predicted octanol–water partition coefficient (Wildman–Crippen LogP) is 0.656. The molecule has 0 saturated carbocycles. The van der Waals surface area contributed by atoms with Crippen LogP contribution >= 0.6 is 0 Å². The van der Waals surface area contributed by atoms with Gasteiger partial charge in [-0.05, 0) is 5.56 Å². The molecule has 1 aliphatic rings. The van der Waals surface area contributed by atoms with Gasteiger partial charge < -0.3 is 15.6 Å². The Labute approximate surface area is 83.5 Å². The molecule has 14 heavy (non-hydrogen) atoms. The third-order valence-corrected chi connectivity index (χ3v) is 2.69. The first kappa shape index (κ1) is 9.49. The molecule has 1 aliphatic heterocycles. The topological polar surface area (TPSA) is 55.5 Å². The molecule has 1 atom stereocenters. The van der Waals surface area contributed by atoms with Crippen molar-refractivity contribution in [3.63, 3.8) is 0 Å². The quantitative estimate of drug-likeness (QED) is 0.741. The molecule has 0 aliphatic carbocycles. The minimum atomic E-state index is 0.00282. The van der Waals surface area contributed by atoms with E-state index in [1.54, 1.807) is 0 Å². The molecule has 2 rings (SSSR count). The van der Waals surface area contributed by atoms with Crippen LogP contribution in [0.15, 0.2) is 18.2 Å². The molecule has 3 N–H and O–H groups in total. The van der Waals surface area contributed by atoms with Crippen LogP contribution in [0.5, 0.6) is 5.75 Å². The zero-order chi connectivity index (χ0) is 9.97. The Balaban J connectivity index is 2.38. The number of para-hydroxylation sites is 1. The van der Waals surface area contributed by atoms with Crippen molar-refractivity contribution in [1.29, 1.82) is 0 Å². The van der Waals surface area contributed by atoms with Gasteiger partial charge in [0, 0.05) is 24.4 Å². The van der Waals surface area contributed by atoms with E-state index >= 15 is 0 Å². The van der Waals surface area contributed by atoms with Gasteiger partial charge in [-0.1, -0.05) is 18.2 Å². The maximum atomic E-state index is 9.18. The summed E-state index contributed by atoms with van der Waals surface area (Å²) in [6, 6.07) is 6.05. The van der Waals surface area contributed by atoms with Gasteiger partial charge in [0.2, 0.25) is 0 Å². The molecule has 1 aromatic rings. The second-order valence-electron chi connectivity index (χ2n) is 3.55. The Morgan fingerprint density at radius 1 is 1.50 bits per heavy atom. The van der Waals surface area contributed by atoms with Crippen LogP contribution in [0.4, 0.5) is 0 Å². The van der Waals surface area contributed by atoms with Crippen molar-refractivity contribution in [3.05, 3.63) is 29.3 Å². The molecule has 3 nitrogen and oxygen atoms in total. The van der Waals surface area contributed by atoms with Gasteiger partial charge in [-0.15, -0.1) is 0 Å². The first-order valence-corrected chi connectivity index (χ1v) is 4.92. The third-order valence-electron chi connectivity index (χ3n) is 2.69. The molecule has 1 heterocycles. The summed E-state index contributed by atoms with van der Waals surface area (Å²) in [6.07, 6.45) is 0.964. The van der Waals surface area contributed by atoms with Gasteiger partial charge >= 0.3 is 0 Å². The fourth-order valence-corrected chi connectivity index (χ4v) is 1.86. The summed E-state index contributed by atoms with van der Waals surface area (Å²) in [5, 5.41) is 9.18. The van der Waals surface area contributed by atoms with Crippen molar-refractivity contribution in [2.45, 2.75) is 12.3 Å². The second kappa shape index (κ2) is 3.98. The van der Waals surface area contributed by atoms with Gasteiger partial charge in [-0.3, -0.25) is 0 Å². The number of aliphatic hydroxyl groups excluding tert-OH is 1. The van der Waals surface area contributed by atoms with Crippen LogP contribution in [0.25, 0.3) is 0 Å². The third kappa shape index (κ3) is 1.49. The molecule has 76 valence electrons. The molecule has 0 radical (unpaired) electrons. The molecule has 0 fully saturated rings. The van der Waals surface area contributed by atoms with E-state index < -0.39 is 0 Å². The normalized spacial score (nSPS) is 16.1. The van der Waals surface area contributed by atoms with E-state index in [9.17, 15) is 5.11 Å². The maximum absolute atomic E-state index is 9.18. The highest BCUT2D eigenvalue weighted by atomic mass is 16.5. The molecule has 0 aromatic heterocycles. The van der Waals surface area contributed by atoms with Gasteiger partial charge in [0.05, 0.1) is 13.2 Å². The Morgan fingerprint density at radius 2 is 2.36 bits per heavy atom. The summed E-state index contributed by atoms with van der Waals surface area (Å²) in [6.45, 7) is 1.28. The first-order chi connectivity index (χ1) is 6.86. The second-order valence-corrected chi connectivity index (χ2v) is 3.55. The zero-order valence-electron chi connectivity index (χ0n) is 8.07. The average molecular weight is 193 g/mol. The number of ether oxygens (including phenoxy) is 1. The Morgan fingerprint density at radius 3 is 3.07 bits per heavy atom. The number of nitrogens with two attached hydrogens (primary N) is 1. The number of benzene rings is 1. The molecular weight excluding hydrogens is 178 g/mol. The minimum absolute atomic E-state index is 0.00282. The van der Waals surface area contributed by atoms with Gasteiger partial charge in [-0.25, -0.2) is 0 Å².